The van der Waals surface area contributed by atoms with Gasteiger partial charge in [-0.25, -0.2) is 0 Å². The van der Waals surface area contributed by atoms with Gasteiger partial charge in [-0.15, -0.1) is 0 Å². The highest BCUT2D eigenvalue weighted by atomic mass is 16.2. The first kappa shape index (κ1) is 9.03. The number of likely N-dealkylation sites (N-methyl/N-ethyl adjacent to an activating group) is 1. The highest BCUT2D eigenvalue weighted by Gasteiger charge is 2.51. The molecule has 3 rings (SSSR count). The van der Waals surface area contributed by atoms with E-state index in [9.17, 15) is 4.79 Å². The van der Waals surface area contributed by atoms with Crippen LogP contribution in [0.3, 0.4) is 0 Å². The van der Waals surface area contributed by atoms with Crippen LogP contribution in [-0.2, 0) is 10.3 Å². The summed E-state index contributed by atoms with van der Waals surface area (Å²) >= 11 is 0. The molecule has 76 valence electrons. The molecule has 0 saturated carbocycles. The summed E-state index contributed by atoms with van der Waals surface area (Å²) < 4.78 is 2.01. The third kappa shape index (κ3) is 0.937. The van der Waals surface area contributed by atoms with Crippen molar-refractivity contribution in [3.05, 3.63) is 18.3 Å². The second-order valence-electron chi connectivity index (χ2n) is 4.43. The van der Waals surface area contributed by atoms with Gasteiger partial charge in [0.1, 0.15) is 11.4 Å². The minimum absolute atomic E-state index is 0.0162. The van der Waals surface area contributed by atoms with E-state index in [0.29, 0.717) is 0 Å². The minimum Gasteiger partial charge on any atom is -0.354 e. The van der Waals surface area contributed by atoms with E-state index in [1.165, 1.54) is 4.81 Å². The molecule has 0 aromatic carbocycles. The standard InChI is InChI=1S/C10H12BN3O/c1-12-6-4-10(7-12)9(15)14(11)8-3-2-5-13(8)10/h2-3,5H,4,6-7H2,1H3. The highest BCUT2D eigenvalue weighted by molar-refractivity contribution is 6.33. The maximum absolute atomic E-state index is 12.1. The molecule has 2 radical (unpaired) electrons. The second kappa shape index (κ2) is 2.67. The lowest BCUT2D eigenvalue weighted by Gasteiger charge is -2.23. The first-order valence-electron chi connectivity index (χ1n) is 5.11. The number of carbonyl (C=O) groups excluding carboxylic acids is 1. The molecule has 3 heterocycles. The van der Waals surface area contributed by atoms with Gasteiger partial charge in [-0.2, -0.15) is 0 Å². The van der Waals surface area contributed by atoms with Gasteiger partial charge in [0.2, 0.25) is 13.9 Å². The molecule has 1 spiro atoms. The van der Waals surface area contributed by atoms with Gasteiger partial charge in [0.25, 0.3) is 0 Å². The Kier molecular flexibility index (Phi) is 1.61. The van der Waals surface area contributed by atoms with Gasteiger partial charge in [0, 0.05) is 19.3 Å². The van der Waals surface area contributed by atoms with Crippen molar-refractivity contribution in [2.75, 3.05) is 24.9 Å². The Balaban J connectivity index is 2.15. The Bertz CT molecular complexity index is 430. The van der Waals surface area contributed by atoms with Gasteiger partial charge < -0.3 is 14.3 Å². The average molecular weight is 201 g/mol. The number of aromatic nitrogens is 1. The minimum atomic E-state index is -0.442. The predicted molar refractivity (Wildman–Crippen MR) is 57.8 cm³/mol. The molecule has 1 saturated heterocycles. The van der Waals surface area contributed by atoms with Crippen molar-refractivity contribution in [2.45, 2.75) is 12.0 Å². The molecule has 1 unspecified atom stereocenters. The van der Waals surface area contributed by atoms with Gasteiger partial charge in [-0.1, -0.05) is 0 Å². The fraction of sp³-hybridized carbons (Fsp3) is 0.500. The average Bonchev–Trinajstić information content (AvgIpc) is 2.85. The molecule has 1 aromatic heterocycles. The Morgan fingerprint density at radius 2 is 2.33 bits per heavy atom. The van der Waals surface area contributed by atoms with Crippen LogP contribution in [0.1, 0.15) is 6.42 Å². The summed E-state index contributed by atoms with van der Waals surface area (Å²) in [6.45, 7) is 1.69. The molecule has 0 aliphatic carbocycles. The number of fused-ring (bicyclic) bond motifs is 2. The van der Waals surface area contributed by atoms with Crippen LogP contribution in [0.15, 0.2) is 18.3 Å². The summed E-state index contributed by atoms with van der Waals surface area (Å²) in [5, 5.41) is 0. The summed E-state index contributed by atoms with van der Waals surface area (Å²) in [5.41, 5.74) is -0.442. The second-order valence-corrected chi connectivity index (χ2v) is 4.43. The Labute approximate surface area is 89.9 Å². The lowest BCUT2D eigenvalue weighted by Crippen LogP contribution is -2.44. The maximum atomic E-state index is 12.1. The fourth-order valence-electron chi connectivity index (χ4n) is 2.71. The molecular formula is C10H12BN3O. The number of rotatable bonds is 0. The zero-order valence-electron chi connectivity index (χ0n) is 8.68. The van der Waals surface area contributed by atoms with Crippen molar-refractivity contribution in [2.24, 2.45) is 0 Å². The van der Waals surface area contributed by atoms with Gasteiger partial charge in [-0.3, -0.25) is 4.79 Å². The molecule has 15 heavy (non-hydrogen) atoms. The maximum Gasteiger partial charge on any atom is 0.242 e. The van der Waals surface area contributed by atoms with E-state index >= 15 is 0 Å². The van der Waals surface area contributed by atoms with Crippen LogP contribution in [-0.4, -0.2) is 43.5 Å². The molecular weight excluding hydrogens is 189 g/mol. The highest BCUT2D eigenvalue weighted by Crippen LogP contribution is 2.40. The van der Waals surface area contributed by atoms with Crippen LogP contribution in [0.4, 0.5) is 5.82 Å². The number of hydrogen-bond donors (Lipinski definition) is 0. The van der Waals surface area contributed by atoms with Crippen molar-refractivity contribution in [1.82, 2.24) is 9.47 Å². The summed E-state index contributed by atoms with van der Waals surface area (Å²) in [7, 11) is 7.81. The van der Waals surface area contributed by atoms with E-state index in [2.05, 4.69) is 4.90 Å². The molecule has 5 heteroatoms. The normalized spacial score (nSPS) is 30.5. The van der Waals surface area contributed by atoms with Crippen LogP contribution in [0.2, 0.25) is 0 Å². The van der Waals surface area contributed by atoms with Crippen LogP contribution < -0.4 is 4.81 Å². The van der Waals surface area contributed by atoms with Crippen molar-refractivity contribution in [3.8, 4) is 0 Å². The van der Waals surface area contributed by atoms with E-state index in [1.807, 2.05) is 29.9 Å². The lowest BCUT2D eigenvalue weighted by molar-refractivity contribution is -0.123. The predicted octanol–water partition coefficient (Wildman–Crippen LogP) is -0.0510. The molecule has 2 aliphatic heterocycles. The van der Waals surface area contributed by atoms with Crippen LogP contribution >= 0.6 is 0 Å². The molecule has 1 atom stereocenters. The molecule has 0 N–H and O–H groups in total. The third-order valence-electron chi connectivity index (χ3n) is 3.49. The van der Waals surface area contributed by atoms with Crippen molar-refractivity contribution >= 4 is 19.7 Å². The van der Waals surface area contributed by atoms with Crippen LogP contribution in [0, 0.1) is 0 Å². The van der Waals surface area contributed by atoms with Crippen LogP contribution in [0.5, 0.6) is 0 Å². The lowest BCUT2D eigenvalue weighted by atomic mass is 9.97. The van der Waals surface area contributed by atoms with Crippen molar-refractivity contribution in [1.29, 1.82) is 0 Å². The SMILES string of the molecule is [B]N1C(=O)C2(CCN(C)C2)n2cccc21. The topological polar surface area (TPSA) is 28.5 Å². The van der Waals surface area contributed by atoms with Gasteiger partial charge in [0.15, 0.2) is 0 Å². The number of amides is 1. The fourth-order valence-corrected chi connectivity index (χ4v) is 2.71. The molecule has 4 nitrogen and oxygen atoms in total. The van der Waals surface area contributed by atoms with E-state index in [4.69, 9.17) is 7.98 Å². The third-order valence-corrected chi connectivity index (χ3v) is 3.49. The molecule has 0 bridgehead atoms. The number of anilines is 1. The number of likely N-dealkylation sites (tertiary alicyclic amines) is 1. The largest absolute Gasteiger partial charge is 0.354 e. The first-order valence-corrected chi connectivity index (χ1v) is 5.11. The molecule has 1 aromatic rings. The van der Waals surface area contributed by atoms with Crippen LogP contribution in [0.25, 0.3) is 0 Å². The molecule has 1 fully saturated rings. The Morgan fingerprint density at radius 3 is 3.00 bits per heavy atom. The van der Waals surface area contributed by atoms with Gasteiger partial charge >= 0.3 is 0 Å². The first-order chi connectivity index (χ1) is 7.15. The van der Waals surface area contributed by atoms with Crippen molar-refractivity contribution in [3.63, 3.8) is 0 Å². The zero-order valence-corrected chi connectivity index (χ0v) is 8.68. The number of hydrogen-bond acceptors (Lipinski definition) is 2. The van der Waals surface area contributed by atoms with E-state index in [0.717, 1.165) is 25.3 Å². The van der Waals surface area contributed by atoms with Gasteiger partial charge in [0.05, 0.1) is 0 Å². The van der Waals surface area contributed by atoms with E-state index < -0.39 is 5.54 Å². The summed E-state index contributed by atoms with van der Waals surface area (Å²) in [6.07, 6.45) is 2.79. The monoisotopic (exact) mass is 201 g/mol. The summed E-state index contributed by atoms with van der Waals surface area (Å²) in [6, 6.07) is 3.81. The molecule has 1 amide bonds. The smallest absolute Gasteiger partial charge is 0.242 e. The van der Waals surface area contributed by atoms with Gasteiger partial charge in [-0.05, 0) is 25.6 Å². The quantitative estimate of drug-likeness (QED) is 0.550. The zero-order chi connectivity index (χ0) is 10.6. The summed E-state index contributed by atoms with van der Waals surface area (Å²) in [4.78, 5) is 15.6. The number of carbonyl (C=O) groups is 1. The Hall–Kier alpha value is -1.23. The Morgan fingerprint density at radius 1 is 1.53 bits per heavy atom. The molecule has 2 aliphatic rings. The summed E-state index contributed by atoms with van der Waals surface area (Å²) in [5.74, 6) is 0.817. The number of nitrogens with zero attached hydrogens (tertiary/aromatic N) is 3. The van der Waals surface area contributed by atoms with Crippen molar-refractivity contribution < 1.29 is 4.79 Å². The van der Waals surface area contributed by atoms with E-state index in [1.54, 1.807) is 0 Å². The van der Waals surface area contributed by atoms with E-state index in [-0.39, 0.29) is 5.91 Å².